The molecular formula is C19H21NO4S. The Hall–Kier alpha value is -2.18. The van der Waals surface area contributed by atoms with Gasteiger partial charge in [0, 0.05) is 18.7 Å². The molecule has 5 nitrogen and oxygen atoms in total. The van der Waals surface area contributed by atoms with Crippen LogP contribution in [0.5, 0.6) is 0 Å². The molecule has 2 aromatic carbocycles. The van der Waals surface area contributed by atoms with Crippen LogP contribution in [-0.4, -0.2) is 38.4 Å². The number of benzene rings is 2. The fourth-order valence-electron chi connectivity index (χ4n) is 2.90. The van der Waals surface area contributed by atoms with Crippen LogP contribution in [-0.2, 0) is 14.3 Å². The fraction of sp³-hybridized carbons (Fsp3) is 0.316. The molecule has 0 radical (unpaired) electrons. The minimum atomic E-state index is -3.83. The normalized spacial score (nSPS) is 18.1. The summed E-state index contributed by atoms with van der Waals surface area (Å²) in [4.78, 5) is 14.3. The van der Waals surface area contributed by atoms with Crippen molar-refractivity contribution in [2.45, 2.75) is 30.8 Å². The third kappa shape index (κ3) is 4.27. The van der Waals surface area contributed by atoms with Crippen molar-refractivity contribution in [2.75, 3.05) is 13.1 Å². The van der Waals surface area contributed by atoms with Gasteiger partial charge in [0.2, 0.25) is 0 Å². The second-order valence-corrected chi connectivity index (χ2v) is 7.82. The predicted octanol–water partition coefficient (Wildman–Crippen LogP) is 3.01. The van der Waals surface area contributed by atoms with Gasteiger partial charge < -0.3 is 4.90 Å². The first-order chi connectivity index (χ1) is 12.0. The molecule has 0 saturated carbocycles. The highest BCUT2D eigenvalue weighted by Crippen LogP contribution is 2.21. The number of hydrogen-bond acceptors (Lipinski definition) is 4. The summed E-state index contributed by atoms with van der Waals surface area (Å²) in [5.41, 5.74) is 1.58. The van der Waals surface area contributed by atoms with E-state index in [1.165, 1.54) is 0 Å². The first kappa shape index (κ1) is 17.6. The van der Waals surface area contributed by atoms with Crippen molar-refractivity contribution in [1.82, 2.24) is 4.90 Å². The van der Waals surface area contributed by atoms with Crippen LogP contribution in [0, 0.1) is 6.92 Å². The van der Waals surface area contributed by atoms with Gasteiger partial charge in [0.15, 0.2) is 0 Å². The summed E-state index contributed by atoms with van der Waals surface area (Å²) in [6.07, 6.45) is 0.809. The number of amides is 1. The highest BCUT2D eigenvalue weighted by molar-refractivity contribution is 7.86. The van der Waals surface area contributed by atoms with E-state index in [2.05, 4.69) is 0 Å². The lowest BCUT2D eigenvalue weighted by Crippen LogP contribution is -2.43. The molecule has 0 spiro atoms. The molecule has 3 rings (SSSR count). The van der Waals surface area contributed by atoms with Crippen molar-refractivity contribution >= 4 is 16.0 Å². The number of hydrogen-bond donors (Lipinski definition) is 0. The molecule has 1 atom stereocenters. The average molecular weight is 359 g/mol. The van der Waals surface area contributed by atoms with Gasteiger partial charge >= 0.3 is 0 Å². The number of piperidine rings is 1. The Morgan fingerprint density at radius 3 is 2.44 bits per heavy atom. The van der Waals surface area contributed by atoms with Crippen molar-refractivity contribution in [3.05, 3.63) is 65.7 Å². The molecule has 0 aliphatic carbocycles. The molecule has 0 bridgehead atoms. The Labute approximate surface area is 148 Å². The van der Waals surface area contributed by atoms with Crippen LogP contribution in [0.15, 0.2) is 59.5 Å². The Balaban J connectivity index is 1.69. The summed E-state index contributed by atoms with van der Waals surface area (Å²) in [5.74, 6) is -0.0957. The molecule has 1 heterocycles. The van der Waals surface area contributed by atoms with E-state index in [0.717, 1.165) is 5.56 Å². The molecule has 0 aromatic heterocycles. The highest BCUT2D eigenvalue weighted by Gasteiger charge is 2.29. The Bertz CT molecular complexity index is 831. The standard InChI is InChI=1S/C19H21NO4S/c1-15-9-11-18(12-10-15)25(22,23)24-17-8-5-13-20(14-17)19(21)16-6-3-2-4-7-16/h2-4,6-7,9-12,17H,5,8,13-14H2,1H3/t17-/m1/s1. The summed E-state index contributed by atoms with van der Waals surface area (Å²) in [7, 11) is -3.83. The van der Waals surface area contributed by atoms with E-state index >= 15 is 0 Å². The molecular weight excluding hydrogens is 338 g/mol. The quantitative estimate of drug-likeness (QED) is 0.787. The molecule has 0 N–H and O–H groups in total. The van der Waals surface area contributed by atoms with E-state index in [4.69, 9.17) is 4.18 Å². The van der Waals surface area contributed by atoms with Crippen LogP contribution < -0.4 is 0 Å². The van der Waals surface area contributed by atoms with E-state index in [0.29, 0.717) is 24.9 Å². The summed E-state index contributed by atoms with van der Waals surface area (Å²) in [6.45, 7) is 2.78. The third-order valence-electron chi connectivity index (χ3n) is 4.26. The van der Waals surface area contributed by atoms with Gasteiger partial charge in [-0.25, -0.2) is 0 Å². The van der Waals surface area contributed by atoms with E-state index < -0.39 is 16.2 Å². The van der Waals surface area contributed by atoms with Crippen molar-refractivity contribution in [2.24, 2.45) is 0 Å². The average Bonchev–Trinajstić information content (AvgIpc) is 2.62. The van der Waals surface area contributed by atoms with Gasteiger partial charge in [-0.1, -0.05) is 35.9 Å². The highest BCUT2D eigenvalue weighted by atomic mass is 32.2. The zero-order valence-corrected chi connectivity index (χ0v) is 14.9. The van der Waals surface area contributed by atoms with Crippen molar-refractivity contribution in [1.29, 1.82) is 0 Å². The number of nitrogens with zero attached hydrogens (tertiary/aromatic N) is 1. The molecule has 1 saturated heterocycles. The second kappa shape index (κ2) is 7.37. The number of aryl methyl sites for hydroxylation is 1. The second-order valence-electron chi connectivity index (χ2n) is 6.24. The van der Waals surface area contributed by atoms with Crippen LogP contribution in [0.25, 0.3) is 0 Å². The van der Waals surface area contributed by atoms with Gasteiger partial charge in [-0.05, 0) is 44.0 Å². The number of rotatable bonds is 4. The molecule has 1 aliphatic heterocycles. The van der Waals surface area contributed by atoms with Crippen LogP contribution in [0.3, 0.4) is 0 Å². The van der Waals surface area contributed by atoms with E-state index in [9.17, 15) is 13.2 Å². The fourth-order valence-corrected chi connectivity index (χ4v) is 4.00. The van der Waals surface area contributed by atoms with Crippen molar-refractivity contribution in [3.63, 3.8) is 0 Å². The summed E-state index contributed by atoms with van der Waals surface area (Å²) in [6, 6.07) is 15.6. The molecule has 132 valence electrons. The van der Waals surface area contributed by atoms with E-state index in [1.807, 2.05) is 25.1 Å². The Morgan fingerprint density at radius 2 is 1.76 bits per heavy atom. The monoisotopic (exact) mass is 359 g/mol. The largest absolute Gasteiger partial charge is 0.336 e. The minimum Gasteiger partial charge on any atom is -0.336 e. The molecule has 1 fully saturated rings. The minimum absolute atomic E-state index is 0.0957. The predicted molar refractivity (Wildman–Crippen MR) is 94.8 cm³/mol. The first-order valence-corrected chi connectivity index (χ1v) is 9.71. The van der Waals surface area contributed by atoms with Crippen LogP contribution in [0.4, 0.5) is 0 Å². The van der Waals surface area contributed by atoms with Gasteiger partial charge in [-0.2, -0.15) is 8.42 Å². The maximum Gasteiger partial charge on any atom is 0.297 e. The topological polar surface area (TPSA) is 63.7 Å². The van der Waals surface area contributed by atoms with Gasteiger partial charge in [-0.15, -0.1) is 0 Å². The maximum absolute atomic E-state index is 12.5. The maximum atomic E-state index is 12.5. The summed E-state index contributed by atoms with van der Waals surface area (Å²) < 4.78 is 30.3. The lowest BCUT2D eigenvalue weighted by atomic mass is 10.1. The van der Waals surface area contributed by atoms with E-state index in [-0.39, 0.29) is 17.3 Å². The summed E-state index contributed by atoms with van der Waals surface area (Å²) in [5, 5.41) is 0. The molecule has 0 unspecified atom stereocenters. The SMILES string of the molecule is Cc1ccc(S(=O)(=O)O[C@@H]2CCCN(C(=O)c3ccccc3)C2)cc1. The van der Waals surface area contributed by atoms with E-state index in [1.54, 1.807) is 41.3 Å². The smallest absolute Gasteiger partial charge is 0.297 e. The molecule has 1 amide bonds. The number of likely N-dealkylation sites (tertiary alicyclic amines) is 1. The van der Waals surface area contributed by atoms with Gasteiger partial charge in [0.05, 0.1) is 11.0 Å². The van der Waals surface area contributed by atoms with Crippen molar-refractivity contribution in [3.8, 4) is 0 Å². The molecule has 25 heavy (non-hydrogen) atoms. The Morgan fingerprint density at radius 1 is 1.08 bits per heavy atom. The molecule has 6 heteroatoms. The zero-order chi connectivity index (χ0) is 17.9. The lowest BCUT2D eigenvalue weighted by Gasteiger charge is -2.32. The van der Waals surface area contributed by atoms with Gasteiger partial charge in [0.1, 0.15) is 0 Å². The third-order valence-corrected chi connectivity index (χ3v) is 5.63. The van der Waals surface area contributed by atoms with Crippen LogP contribution >= 0.6 is 0 Å². The van der Waals surface area contributed by atoms with Crippen molar-refractivity contribution < 1.29 is 17.4 Å². The molecule has 1 aliphatic rings. The number of carbonyl (C=O) groups excluding carboxylic acids is 1. The molecule has 2 aromatic rings. The van der Waals surface area contributed by atoms with Gasteiger partial charge in [-0.3, -0.25) is 8.98 Å². The number of carbonyl (C=O) groups is 1. The Kier molecular flexibility index (Phi) is 5.20. The van der Waals surface area contributed by atoms with Crippen LogP contribution in [0.1, 0.15) is 28.8 Å². The first-order valence-electron chi connectivity index (χ1n) is 8.30. The zero-order valence-electron chi connectivity index (χ0n) is 14.1. The lowest BCUT2D eigenvalue weighted by molar-refractivity contribution is 0.0550. The van der Waals surface area contributed by atoms with Crippen LogP contribution in [0.2, 0.25) is 0 Å². The summed E-state index contributed by atoms with van der Waals surface area (Å²) >= 11 is 0. The van der Waals surface area contributed by atoms with Gasteiger partial charge in [0.25, 0.3) is 16.0 Å².